The predicted octanol–water partition coefficient (Wildman–Crippen LogP) is 8.16. The number of carbonyl (C=O) groups excluding carboxylic acids is 2. The second kappa shape index (κ2) is 15.4. The molecule has 5 aliphatic carbocycles. The zero-order chi connectivity index (χ0) is 42.1. The molecule has 0 saturated heterocycles. The van der Waals surface area contributed by atoms with E-state index in [1.165, 1.54) is 5.57 Å². The summed E-state index contributed by atoms with van der Waals surface area (Å²) in [6.45, 7) is 23.9. The Morgan fingerprint density at radius 1 is 0.947 bits per heavy atom. The number of ketones is 1. The summed E-state index contributed by atoms with van der Waals surface area (Å²) in [4.78, 5) is 52.6. The van der Waals surface area contributed by atoms with E-state index in [1.54, 1.807) is 26.4 Å². The maximum atomic E-state index is 14.3. The highest BCUT2D eigenvalue weighted by Gasteiger charge is 2.71. The van der Waals surface area contributed by atoms with Crippen molar-refractivity contribution in [3.8, 4) is 0 Å². The van der Waals surface area contributed by atoms with Crippen molar-refractivity contribution in [2.24, 2.45) is 56.2 Å². The van der Waals surface area contributed by atoms with Gasteiger partial charge in [-0.2, -0.15) is 0 Å². The highest BCUT2D eigenvalue weighted by molar-refractivity contribution is 6.00. The highest BCUT2D eigenvalue weighted by atomic mass is 16.5. The number of carboxylic acid groups (broad SMARTS) is 1. The molecule has 1 aromatic heterocycles. The van der Waals surface area contributed by atoms with Crippen LogP contribution in [0.25, 0.3) is 0 Å². The first-order chi connectivity index (χ1) is 26.5. The van der Waals surface area contributed by atoms with E-state index < -0.39 is 28.9 Å². The van der Waals surface area contributed by atoms with Gasteiger partial charge in [0.2, 0.25) is 0 Å². The summed E-state index contributed by atoms with van der Waals surface area (Å²) in [6, 6.07) is 1.94. The lowest BCUT2D eigenvalue weighted by Crippen LogP contribution is -2.66. The minimum Gasteiger partial charge on any atom is -0.481 e. The molecule has 4 saturated carbocycles. The second-order valence-corrected chi connectivity index (χ2v) is 21.7. The Morgan fingerprint density at radius 3 is 2.26 bits per heavy atom. The van der Waals surface area contributed by atoms with Crippen LogP contribution >= 0.6 is 0 Å². The number of esters is 1. The quantitative estimate of drug-likeness (QED) is 0.189. The maximum absolute atomic E-state index is 14.3. The number of fused-ring (bicyclic) bond motifs is 7. The maximum Gasteiger partial charge on any atom is 0.309 e. The number of hydrogen-bond donors (Lipinski definition) is 2. The highest BCUT2D eigenvalue weighted by Crippen LogP contribution is 2.77. The third-order valence-corrected chi connectivity index (χ3v) is 17.3. The summed E-state index contributed by atoms with van der Waals surface area (Å²) in [5.74, 6) is -0.0362. The molecule has 57 heavy (non-hydrogen) atoms. The fraction of sp³-hybridized carbons (Fsp3) is 0.809. The fourth-order valence-corrected chi connectivity index (χ4v) is 13.8. The summed E-state index contributed by atoms with van der Waals surface area (Å²) >= 11 is 0. The van der Waals surface area contributed by atoms with Gasteiger partial charge in [-0.15, -0.1) is 0 Å². The van der Waals surface area contributed by atoms with Gasteiger partial charge in [0.25, 0.3) is 0 Å². The number of carbonyl (C=O) groups is 3. The Bertz CT molecular complexity index is 1720. The molecule has 0 bridgehead atoms. The van der Waals surface area contributed by atoms with Crippen molar-refractivity contribution in [2.75, 3.05) is 33.7 Å². The van der Waals surface area contributed by atoms with Gasteiger partial charge < -0.3 is 19.8 Å². The summed E-state index contributed by atoms with van der Waals surface area (Å²) in [5, 5.41) is 22.4. The first kappa shape index (κ1) is 43.9. The molecule has 0 aliphatic heterocycles. The Hall–Kier alpha value is -2.69. The van der Waals surface area contributed by atoms with E-state index in [-0.39, 0.29) is 57.8 Å². The summed E-state index contributed by atoms with van der Waals surface area (Å²) in [5.41, 5.74) is 1.24. The van der Waals surface area contributed by atoms with Crippen molar-refractivity contribution in [3.63, 3.8) is 0 Å². The van der Waals surface area contributed by atoms with Crippen molar-refractivity contribution >= 4 is 17.7 Å². The molecule has 10 atom stereocenters. The Morgan fingerprint density at radius 2 is 1.65 bits per heavy atom. The van der Waals surface area contributed by atoms with Gasteiger partial charge in [0.1, 0.15) is 12.4 Å². The van der Waals surface area contributed by atoms with Gasteiger partial charge in [0, 0.05) is 49.1 Å². The van der Waals surface area contributed by atoms with Crippen LogP contribution in [0.15, 0.2) is 29.7 Å². The number of hydrogen-bond acceptors (Lipinski definition) is 9. The van der Waals surface area contributed by atoms with Gasteiger partial charge >= 0.3 is 11.9 Å². The topological polar surface area (TPSA) is 133 Å². The van der Waals surface area contributed by atoms with Crippen molar-refractivity contribution in [1.29, 1.82) is 0 Å². The molecule has 318 valence electrons. The zero-order valence-corrected chi connectivity index (χ0v) is 37.3. The van der Waals surface area contributed by atoms with Crippen LogP contribution in [0.5, 0.6) is 0 Å². The number of carboxylic acids is 1. The minimum atomic E-state index is -1.17. The van der Waals surface area contributed by atoms with Crippen molar-refractivity contribution in [3.05, 3.63) is 35.4 Å². The third kappa shape index (κ3) is 7.23. The number of rotatable bonds is 13. The molecule has 1 heterocycles. The molecule has 6 rings (SSSR count). The number of aliphatic hydroxyl groups excluding tert-OH is 1. The van der Waals surface area contributed by atoms with Crippen LogP contribution in [0.2, 0.25) is 0 Å². The van der Waals surface area contributed by atoms with Crippen molar-refractivity contribution in [1.82, 2.24) is 19.8 Å². The Balaban J connectivity index is 1.30. The lowest BCUT2D eigenvalue weighted by molar-refractivity contribution is -0.235. The molecule has 0 aromatic carbocycles. The lowest BCUT2D eigenvalue weighted by Gasteiger charge is -2.72. The van der Waals surface area contributed by atoms with Gasteiger partial charge in [-0.3, -0.25) is 19.3 Å². The van der Waals surface area contributed by atoms with E-state index in [0.717, 1.165) is 75.7 Å². The summed E-state index contributed by atoms with van der Waals surface area (Å²) in [7, 11) is 4.15. The molecule has 10 heteroatoms. The average molecular weight is 791 g/mol. The van der Waals surface area contributed by atoms with E-state index in [2.05, 4.69) is 89.3 Å². The van der Waals surface area contributed by atoms with Crippen LogP contribution in [0.1, 0.15) is 145 Å². The molecular formula is C47H74N4O6. The SMILES string of the molecule is CC(C)C1=C2[C@H]3CC[C@@H]4[C@@]5(C)CC[C@H](OC(=O)CC(C)(C)C(=O)O)C(C)(C)[C@@H]5CC[C@@]4(C)[C@]3(C)CC[C@@]2([C@@H](O)CN(CCN(C)C)[C@H](C)c2ccncn2)CC1=O. The van der Waals surface area contributed by atoms with Crippen molar-refractivity contribution in [2.45, 2.75) is 152 Å². The van der Waals surface area contributed by atoms with Crippen LogP contribution in [-0.4, -0.2) is 93.6 Å². The first-order valence-electron chi connectivity index (χ1n) is 22.0. The van der Waals surface area contributed by atoms with Gasteiger partial charge in [-0.1, -0.05) is 54.0 Å². The predicted molar refractivity (Wildman–Crippen MR) is 222 cm³/mol. The number of Topliss-reactive ketones (excluding diaryl/α,β-unsaturated/α-hetero) is 1. The monoisotopic (exact) mass is 791 g/mol. The van der Waals surface area contributed by atoms with E-state index in [4.69, 9.17) is 4.74 Å². The molecule has 5 aliphatic rings. The van der Waals surface area contributed by atoms with E-state index in [9.17, 15) is 24.6 Å². The fourth-order valence-electron chi connectivity index (χ4n) is 13.8. The number of likely N-dealkylation sites (N-methyl/N-ethyl adjacent to an activating group) is 1. The second-order valence-electron chi connectivity index (χ2n) is 21.7. The largest absolute Gasteiger partial charge is 0.481 e. The molecule has 0 unspecified atom stereocenters. The number of aliphatic carboxylic acids is 1. The number of nitrogens with zero attached hydrogens (tertiary/aromatic N) is 4. The molecule has 0 radical (unpaired) electrons. The van der Waals surface area contributed by atoms with Crippen LogP contribution in [0.3, 0.4) is 0 Å². The Kier molecular flexibility index (Phi) is 11.9. The third-order valence-electron chi connectivity index (χ3n) is 17.3. The minimum absolute atomic E-state index is 0.0216. The first-order valence-corrected chi connectivity index (χ1v) is 22.0. The normalized spacial score (nSPS) is 36.0. The summed E-state index contributed by atoms with van der Waals surface area (Å²) in [6.07, 6.45) is 10.4. The molecule has 10 nitrogen and oxygen atoms in total. The van der Waals surface area contributed by atoms with Crippen LogP contribution < -0.4 is 0 Å². The zero-order valence-electron chi connectivity index (χ0n) is 37.3. The average Bonchev–Trinajstić information content (AvgIpc) is 3.44. The molecule has 1 aromatic rings. The van der Waals surface area contributed by atoms with Gasteiger partial charge in [-0.25, -0.2) is 9.97 Å². The van der Waals surface area contributed by atoms with Crippen LogP contribution in [-0.2, 0) is 19.1 Å². The molecule has 2 N–H and O–H groups in total. The van der Waals surface area contributed by atoms with Gasteiger partial charge in [-0.05, 0) is 138 Å². The smallest absolute Gasteiger partial charge is 0.309 e. The number of aliphatic hydroxyl groups is 1. The molecule has 0 amide bonds. The molecule has 0 spiro atoms. The van der Waals surface area contributed by atoms with Crippen molar-refractivity contribution < 1.29 is 29.3 Å². The van der Waals surface area contributed by atoms with E-state index in [0.29, 0.717) is 24.8 Å². The van der Waals surface area contributed by atoms with E-state index in [1.807, 2.05) is 6.07 Å². The van der Waals surface area contributed by atoms with E-state index >= 15 is 0 Å². The van der Waals surface area contributed by atoms with Crippen LogP contribution in [0.4, 0.5) is 0 Å². The molecule has 4 fully saturated rings. The Labute approximate surface area is 343 Å². The van der Waals surface area contributed by atoms with Crippen LogP contribution in [0, 0.1) is 56.2 Å². The standard InChI is InChI=1S/C47H74N4O6/c1-29(2)39-33(52)25-47(36(53)27-51(24-23-50(11)12)30(3)32-17-22-48-28-49-32)21-20-45(9)31(40(39)47)13-14-35-44(8)18-16-37(57-38(54)26-42(4,5)41(55)56)43(6,7)34(44)15-19-46(35,45)10/h17,22,28-31,34-37,53H,13-16,18-21,23-27H2,1-12H3,(H,55,56)/t30-,31-,34+,35-,36+,37+,44+,45-,46-,47+/m1/s1. The molecular weight excluding hydrogens is 717 g/mol. The van der Waals surface area contributed by atoms with Gasteiger partial charge in [0.05, 0.1) is 23.6 Å². The lowest BCUT2D eigenvalue weighted by atomic mass is 9.33. The number of aromatic nitrogens is 2. The summed E-state index contributed by atoms with van der Waals surface area (Å²) < 4.78 is 6.20. The number of allylic oxidation sites excluding steroid dienone is 1. The van der Waals surface area contributed by atoms with Gasteiger partial charge in [0.15, 0.2) is 5.78 Å². The number of ether oxygens (including phenoxy) is 1.